The van der Waals surface area contributed by atoms with E-state index in [0.717, 1.165) is 12.0 Å². The Kier molecular flexibility index (Phi) is 6.97. The topological polar surface area (TPSA) is 62.0 Å². The van der Waals surface area contributed by atoms with Gasteiger partial charge in [-0.1, -0.05) is 19.9 Å². The molecule has 0 bridgehead atoms. The van der Waals surface area contributed by atoms with Crippen LogP contribution in [-0.2, 0) is 11.2 Å². The smallest absolute Gasteiger partial charge is 0.247 e. The highest BCUT2D eigenvalue weighted by Gasteiger charge is 1.93. The third kappa shape index (κ3) is 6.49. The summed E-state index contributed by atoms with van der Waals surface area (Å²) in [5.41, 5.74) is 0.900. The summed E-state index contributed by atoms with van der Waals surface area (Å²) in [7, 11) is 0. The van der Waals surface area contributed by atoms with E-state index in [1.54, 1.807) is 12.3 Å². The first-order valence-electron chi connectivity index (χ1n) is 5.10. The van der Waals surface area contributed by atoms with Crippen molar-refractivity contribution in [1.29, 1.82) is 0 Å². The SMILES string of the molecule is CC.CC(=O)NCCc1ccc(=O)[nH]c1. The van der Waals surface area contributed by atoms with E-state index < -0.39 is 0 Å². The van der Waals surface area contributed by atoms with E-state index >= 15 is 0 Å². The number of nitrogens with one attached hydrogen (secondary N) is 2. The van der Waals surface area contributed by atoms with Gasteiger partial charge in [0.2, 0.25) is 11.5 Å². The third-order valence-electron chi connectivity index (χ3n) is 1.64. The summed E-state index contributed by atoms with van der Waals surface area (Å²) in [5.74, 6) is -0.0376. The van der Waals surface area contributed by atoms with Gasteiger partial charge in [0.1, 0.15) is 0 Å². The zero-order valence-corrected chi connectivity index (χ0v) is 9.46. The molecule has 0 atom stereocenters. The molecule has 0 aliphatic rings. The van der Waals surface area contributed by atoms with Crippen LogP contribution in [0.25, 0.3) is 0 Å². The molecule has 0 aromatic carbocycles. The first kappa shape index (κ1) is 13.4. The molecule has 4 heteroatoms. The van der Waals surface area contributed by atoms with Crippen LogP contribution in [0, 0.1) is 0 Å². The number of carbonyl (C=O) groups is 1. The van der Waals surface area contributed by atoms with Crippen molar-refractivity contribution in [3.05, 3.63) is 34.2 Å². The molecular formula is C11H18N2O2. The predicted molar refractivity (Wildman–Crippen MR) is 60.8 cm³/mol. The molecule has 84 valence electrons. The molecule has 4 nitrogen and oxygen atoms in total. The lowest BCUT2D eigenvalue weighted by Gasteiger charge is -2.00. The van der Waals surface area contributed by atoms with Gasteiger partial charge in [0.05, 0.1) is 0 Å². The normalized spacial score (nSPS) is 8.73. The number of hydrogen-bond donors (Lipinski definition) is 2. The van der Waals surface area contributed by atoms with Gasteiger partial charge < -0.3 is 10.3 Å². The van der Waals surface area contributed by atoms with Crippen LogP contribution in [0.4, 0.5) is 0 Å². The van der Waals surface area contributed by atoms with Gasteiger partial charge in [-0.25, -0.2) is 0 Å². The molecule has 2 N–H and O–H groups in total. The molecule has 1 heterocycles. The van der Waals surface area contributed by atoms with Crippen molar-refractivity contribution in [2.24, 2.45) is 0 Å². The van der Waals surface area contributed by atoms with Crippen LogP contribution in [0.5, 0.6) is 0 Å². The fourth-order valence-corrected chi connectivity index (χ4v) is 0.981. The highest BCUT2D eigenvalue weighted by atomic mass is 16.1. The number of hydrogen-bond acceptors (Lipinski definition) is 2. The minimum atomic E-state index is -0.108. The maximum absolute atomic E-state index is 10.7. The number of amides is 1. The maximum Gasteiger partial charge on any atom is 0.247 e. The Hall–Kier alpha value is -1.58. The molecule has 1 aromatic rings. The van der Waals surface area contributed by atoms with Gasteiger partial charge in [0.25, 0.3) is 0 Å². The van der Waals surface area contributed by atoms with Gasteiger partial charge in [-0.3, -0.25) is 9.59 Å². The second-order valence-electron chi connectivity index (χ2n) is 2.79. The van der Waals surface area contributed by atoms with Crippen LogP contribution < -0.4 is 10.9 Å². The number of aromatic amines is 1. The zero-order valence-electron chi connectivity index (χ0n) is 9.46. The van der Waals surface area contributed by atoms with E-state index in [1.165, 1.54) is 13.0 Å². The Bertz CT molecular complexity index is 324. The maximum atomic E-state index is 10.7. The average Bonchev–Trinajstić information content (AvgIpc) is 2.23. The van der Waals surface area contributed by atoms with E-state index in [4.69, 9.17) is 0 Å². The van der Waals surface area contributed by atoms with Crippen molar-refractivity contribution < 1.29 is 4.79 Å². The lowest BCUT2D eigenvalue weighted by atomic mass is 10.2. The second-order valence-corrected chi connectivity index (χ2v) is 2.79. The van der Waals surface area contributed by atoms with Gasteiger partial charge in [0, 0.05) is 25.7 Å². The van der Waals surface area contributed by atoms with Crippen molar-refractivity contribution in [1.82, 2.24) is 10.3 Å². The first-order valence-corrected chi connectivity index (χ1v) is 5.10. The van der Waals surface area contributed by atoms with Crippen LogP contribution in [0.2, 0.25) is 0 Å². The average molecular weight is 210 g/mol. The molecule has 0 aliphatic carbocycles. The quantitative estimate of drug-likeness (QED) is 0.784. The fraction of sp³-hybridized carbons (Fsp3) is 0.455. The molecule has 0 aliphatic heterocycles. The zero-order chi connectivity index (χ0) is 11.7. The molecule has 0 unspecified atom stereocenters. The summed E-state index contributed by atoms with van der Waals surface area (Å²) in [5, 5.41) is 2.68. The van der Waals surface area contributed by atoms with Crippen LogP contribution in [0.3, 0.4) is 0 Å². The van der Waals surface area contributed by atoms with Crippen LogP contribution in [-0.4, -0.2) is 17.4 Å². The minimum Gasteiger partial charge on any atom is -0.356 e. The van der Waals surface area contributed by atoms with Crippen molar-refractivity contribution >= 4 is 5.91 Å². The van der Waals surface area contributed by atoms with E-state index in [2.05, 4.69) is 10.3 Å². The molecule has 0 spiro atoms. The Labute approximate surface area is 89.7 Å². The number of rotatable bonds is 3. The van der Waals surface area contributed by atoms with Crippen LogP contribution in [0.15, 0.2) is 23.1 Å². The van der Waals surface area contributed by atoms with Crippen molar-refractivity contribution in [3.8, 4) is 0 Å². The van der Waals surface area contributed by atoms with Crippen LogP contribution in [0.1, 0.15) is 26.3 Å². The fourth-order valence-electron chi connectivity index (χ4n) is 0.981. The molecule has 15 heavy (non-hydrogen) atoms. The van der Waals surface area contributed by atoms with Gasteiger partial charge in [-0.15, -0.1) is 0 Å². The summed E-state index contributed by atoms with van der Waals surface area (Å²) in [6, 6.07) is 3.23. The van der Waals surface area contributed by atoms with Crippen LogP contribution >= 0.6 is 0 Å². The largest absolute Gasteiger partial charge is 0.356 e. The van der Waals surface area contributed by atoms with E-state index in [1.807, 2.05) is 13.8 Å². The molecule has 1 amide bonds. The predicted octanol–water partition coefficient (Wildman–Crippen LogP) is 1.08. The number of pyridine rings is 1. The number of aromatic nitrogens is 1. The van der Waals surface area contributed by atoms with Gasteiger partial charge in [-0.2, -0.15) is 0 Å². The van der Waals surface area contributed by atoms with E-state index in [9.17, 15) is 9.59 Å². The lowest BCUT2D eigenvalue weighted by molar-refractivity contribution is -0.118. The highest BCUT2D eigenvalue weighted by Crippen LogP contribution is 1.92. The second kappa shape index (κ2) is 7.79. The van der Waals surface area contributed by atoms with Crippen molar-refractivity contribution in [2.75, 3.05) is 6.54 Å². The number of carbonyl (C=O) groups excluding carboxylic acids is 1. The van der Waals surface area contributed by atoms with E-state index in [0.29, 0.717) is 6.54 Å². The standard InChI is InChI=1S/C9H12N2O2.C2H6/c1-7(12)10-5-4-8-2-3-9(13)11-6-8;1-2/h2-3,6H,4-5H2,1H3,(H,10,12)(H,11,13);1-2H3. The van der Waals surface area contributed by atoms with Crippen molar-refractivity contribution in [2.45, 2.75) is 27.2 Å². The molecule has 1 rings (SSSR count). The molecule has 1 aromatic heterocycles. The Morgan fingerprint density at radius 2 is 2.07 bits per heavy atom. The van der Waals surface area contributed by atoms with Gasteiger partial charge >= 0.3 is 0 Å². The van der Waals surface area contributed by atoms with Gasteiger partial charge in [0.15, 0.2) is 0 Å². The van der Waals surface area contributed by atoms with Crippen molar-refractivity contribution in [3.63, 3.8) is 0 Å². The first-order chi connectivity index (χ1) is 7.18. The number of H-pyrrole nitrogens is 1. The minimum absolute atomic E-state index is 0.0376. The molecule has 0 fully saturated rings. The Morgan fingerprint density at radius 1 is 1.40 bits per heavy atom. The Morgan fingerprint density at radius 3 is 2.53 bits per heavy atom. The molecule has 0 radical (unpaired) electrons. The summed E-state index contributed by atoms with van der Waals surface area (Å²) in [6.45, 7) is 6.08. The monoisotopic (exact) mass is 210 g/mol. The van der Waals surface area contributed by atoms with Gasteiger partial charge in [-0.05, 0) is 12.0 Å². The summed E-state index contributed by atoms with van der Waals surface area (Å²) in [4.78, 5) is 23.8. The Balaban J connectivity index is 0.000000921. The summed E-state index contributed by atoms with van der Waals surface area (Å²) in [6.07, 6.45) is 2.39. The summed E-state index contributed by atoms with van der Waals surface area (Å²) >= 11 is 0. The third-order valence-corrected chi connectivity index (χ3v) is 1.64. The summed E-state index contributed by atoms with van der Waals surface area (Å²) < 4.78 is 0. The molecular weight excluding hydrogens is 192 g/mol. The molecule has 0 saturated carbocycles. The van der Waals surface area contributed by atoms with E-state index in [-0.39, 0.29) is 11.5 Å². The lowest BCUT2D eigenvalue weighted by Crippen LogP contribution is -2.22. The highest BCUT2D eigenvalue weighted by molar-refractivity contribution is 5.72. The molecule has 0 saturated heterocycles.